The van der Waals surface area contributed by atoms with Gasteiger partial charge in [-0.25, -0.2) is 0 Å². The van der Waals surface area contributed by atoms with Crippen molar-refractivity contribution in [3.05, 3.63) is 0 Å². The third kappa shape index (κ3) is 1.82. The van der Waals surface area contributed by atoms with Gasteiger partial charge in [0.25, 0.3) is 0 Å². The minimum absolute atomic E-state index is 1.01. The van der Waals surface area contributed by atoms with Crippen molar-refractivity contribution in [3.8, 4) is 0 Å². The Morgan fingerprint density at radius 3 is 2.50 bits per heavy atom. The Labute approximate surface area is 75.9 Å². The Balaban J connectivity index is 1.76. The highest BCUT2D eigenvalue weighted by molar-refractivity contribution is 4.81. The van der Waals surface area contributed by atoms with E-state index in [1.165, 1.54) is 45.2 Å². The normalized spacial score (nSPS) is 37.8. The van der Waals surface area contributed by atoms with Crippen LogP contribution in [-0.2, 0) is 0 Å². The van der Waals surface area contributed by atoms with Gasteiger partial charge in [-0.3, -0.25) is 0 Å². The lowest BCUT2D eigenvalue weighted by molar-refractivity contribution is 0.182. The SMILES string of the molecule is CC1CCCCC1CC1CNC1. The van der Waals surface area contributed by atoms with Crippen molar-refractivity contribution in [2.75, 3.05) is 13.1 Å². The molecule has 12 heavy (non-hydrogen) atoms. The smallest absolute Gasteiger partial charge is 0.000815 e. The highest BCUT2D eigenvalue weighted by Crippen LogP contribution is 2.34. The molecule has 70 valence electrons. The Kier molecular flexibility index (Phi) is 2.69. The molecule has 1 heteroatoms. The second kappa shape index (κ2) is 3.78. The van der Waals surface area contributed by atoms with Gasteiger partial charge in [-0.1, -0.05) is 32.6 Å². The molecule has 0 aromatic carbocycles. The average Bonchev–Trinajstić information content (AvgIpc) is 2.00. The zero-order valence-corrected chi connectivity index (χ0v) is 8.18. The van der Waals surface area contributed by atoms with Crippen molar-refractivity contribution >= 4 is 0 Å². The van der Waals surface area contributed by atoms with E-state index in [4.69, 9.17) is 0 Å². The van der Waals surface area contributed by atoms with E-state index >= 15 is 0 Å². The first-order valence-corrected chi connectivity index (χ1v) is 5.57. The second-order valence-corrected chi connectivity index (χ2v) is 4.78. The van der Waals surface area contributed by atoms with Crippen LogP contribution in [0.1, 0.15) is 39.0 Å². The molecule has 2 atom stereocenters. The molecule has 1 heterocycles. The predicted molar refractivity (Wildman–Crippen MR) is 52.1 cm³/mol. The Bertz CT molecular complexity index is 140. The Hall–Kier alpha value is -0.0400. The van der Waals surface area contributed by atoms with Crippen molar-refractivity contribution < 1.29 is 0 Å². The fraction of sp³-hybridized carbons (Fsp3) is 1.00. The van der Waals surface area contributed by atoms with Crippen molar-refractivity contribution in [1.82, 2.24) is 5.32 Å². The summed E-state index contributed by atoms with van der Waals surface area (Å²) in [5, 5.41) is 3.37. The summed E-state index contributed by atoms with van der Waals surface area (Å²) < 4.78 is 0. The van der Waals surface area contributed by atoms with E-state index in [9.17, 15) is 0 Å². The quantitative estimate of drug-likeness (QED) is 0.666. The standard InChI is InChI=1S/C11H21N/c1-9-4-2-3-5-11(9)6-10-7-12-8-10/h9-12H,2-8H2,1H3. The van der Waals surface area contributed by atoms with Gasteiger partial charge in [-0.05, 0) is 37.3 Å². The lowest BCUT2D eigenvalue weighted by Crippen LogP contribution is -2.43. The first-order chi connectivity index (χ1) is 5.86. The van der Waals surface area contributed by atoms with Gasteiger partial charge in [0.15, 0.2) is 0 Å². The van der Waals surface area contributed by atoms with Crippen molar-refractivity contribution in [3.63, 3.8) is 0 Å². The summed E-state index contributed by atoms with van der Waals surface area (Å²) in [5.74, 6) is 3.10. The van der Waals surface area contributed by atoms with E-state index < -0.39 is 0 Å². The molecule has 0 spiro atoms. The highest BCUT2D eigenvalue weighted by Gasteiger charge is 2.26. The van der Waals surface area contributed by atoms with Crippen LogP contribution in [0.3, 0.4) is 0 Å². The van der Waals surface area contributed by atoms with E-state index in [0.29, 0.717) is 0 Å². The minimum Gasteiger partial charge on any atom is -0.316 e. The highest BCUT2D eigenvalue weighted by atomic mass is 14.9. The zero-order valence-electron chi connectivity index (χ0n) is 8.18. The van der Waals surface area contributed by atoms with E-state index in [-0.39, 0.29) is 0 Å². The summed E-state index contributed by atoms with van der Waals surface area (Å²) in [6.45, 7) is 5.04. The van der Waals surface area contributed by atoms with Crippen molar-refractivity contribution in [2.24, 2.45) is 17.8 Å². The molecule has 2 unspecified atom stereocenters. The largest absolute Gasteiger partial charge is 0.316 e. The molecule has 2 aliphatic rings. The fourth-order valence-electron chi connectivity index (χ4n) is 2.69. The van der Waals surface area contributed by atoms with E-state index in [2.05, 4.69) is 12.2 Å². The topological polar surface area (TPSA) is 12.0 Å². The van der Waals surface area contributed by atoms with E-state index in [1.54, 1.807) is 0 Å². The maximum Gasteiger partial charge on any atom is -0.000815 e. The summed E-state index contributed by atoms with van der Waals surface area (Å²) >= 11 is 0. The van der Waals surface area contributed by atoms with Crippen LogP contribution in [0.4, 0.5) is 0 Å². The first kappa shape index (κ1) is 8.55. The van der Waals surface area contributed by atoms with Crippen molar-refractivity contribution in [1.29, 1.82) is 0 Å². The van der Waals surface area contributed by atoms with Gasteiger partial charge in [-0.15, -0.1) is 0 Å². The molecule has 1 aliphatic carbocycles. The van der Waals surface area contributed by atoms with Crippen LogP contribution in [0.5, 0.6) is 0 Å². The third-order valence-corrected chi connectivity index (χ3v) is 3.79. The minimum atomic E-state index is 1.01. The van der Waals surface area contributed by atoms with Crippen molar-refractivity contribution in [2.45, 2.75) is 39.0 Å². The van der Waals surface area contributed by atoms with Gasteiger partial charge in [-0.2, -0.15) is 0 Å². The molecule has 2 fully saturated rings. The molecule has 0 aromatic rings. The molecule has 0 radical (unpaired) electrons. The van der Waals surface area contributed by atoms with E-state index in [1.807, 2.05) is 0 Å². The fourth-order valence-corrected chi connectivity index (χ4v) is 2.69. The van der Waals surface area contributed by atoms with Crippen LogP contribution >= 0.6 is 0 Å². The van der Waals surface area contributed by atoms with Gasteiger partial charge >= 0.3 is 0 Å². The second-order valence-electron chi connectivity index (χ2n) is 4.78. The molecule has 0 aromatic heterocycles. The number of nitrogens with one attached hydrogen (secondary N) is 1. The molecule has 0 amide bonds. The van der Waals surface area contributed by atoms with Crippen LogP contribution in [0.25, 0.3) is 0 Å². The van der Waals surface area contributed by atoms with Gasteiger partial charge in [0.05, 0.1) is 0 Å². The van der Waals surface area contributed by atoms with Crippen LogP contribution in [-0.4, -0.2) is 13.1 Å². The summed E-state index contributed by atoms with van der Waals surface area (Å²) in [6, 6.07) is 0. The van der Waals surface area contributed by atoms with E-state index in [0.717, 1.165) is 17.8 Å². The summed E-state index contributed by atoms with van der Waals surface area (Å²) in [5.41, 5.74) is 0. The summed E-state index contributed by atoms with van der Waals surface area (Å²) in [6.07, 6.45) is 7.49. The lowest BCUT2D eigenvalue weighted by atomic mass is 9.75. The molecule has 1 saturated heterocycles. The maximum atomic E-state index is 3.37. The number of hydrogen-bond acceptors (Lipinski definition) is 1. The molecule has 2 rings (SSSR count). The monoisotopic (exact) mass is 167 g/mol. The van der Waals surface area contributed by atoms with Crippen LogP contribution in [0.2, 0.25) is 0 Å². The van der Waals surface area contributed by atoms with Crippen LogP contribution in [0.15, 0.2) is 0 Å². The molecule has 0 bridgehead atoms. The zero-order chi connectivity index (χ0) is 8.39. The number of rotatable bonds is 2. The molecule has 1 saturated carbocycles. The number of hydrogen-bond donors (Lipinski definition) is 1. The van der Waals surface area contributed by atoms with Crippen LogP contribution in [0, 0.1) is 17.8 Å². The lowest BCUT2D eigenvalue weighted by Gasteiger charge is -2.35. The average molecular weight is 167 g/mol. The molecular weight excluding hydrogens is 146 g/mol. The van der Waals surface area contributed by atoms with Gasteiger partial charge < -0.3 is 5.32 Å². The molecule has 1 N–H and O–H groups in total. The molecule has 1 nitrogen and oxygen atoms in total. The van der Waals surface area contributed by atoms with Crippen LogP contribution < -0.4 is 5.32 Å². The summed E-state index contributed by atoms with van der Waals surface area (Å²) in [7, 11) is 0. The first-order valence-electron chi connectivity index (χ1n) is 5.57. The molecular formula is C11H21N. The van der Waals surface area contributed by atoms with Gasteiger partial charge in [0, 0.05) is 0 Å². The van der Waals surface area contributed by atoms with Gasteiger partial charge in [0.1, 0.15) is 0 Å². The maximum absolute atomic E-state index is 3.37. The van der Waals surface area contributed by atoms with Gasteiger partial charge in [0.2, 0.25) is 0 Å². The Morgan fingerprint density at radius 1 is 1.17 bits per heavy atom. The third-order valence-electron chi connectivity index (χ3n) is 3.79. The predicted octanol–water partition coefficient (Wildman–Crippen LogP) is 2.42. The Morgan fingerprint density at radius 2 is 1.92 bits per heavy atom. The summed E-state index contributed by atoms with van der Waals surface area (Å²) in [4.78, 5) is 0. The molecule has 1 aliphatic heterocycles.